The fourth-order valence-corrected chi connectivity index (χ4v) is 2.24. The number of benzene rings is 2. The maximum atomic E-state index is 12.2. The van der Waals surface area contributed by atoms with Gasteiger partial charge < -0.3 is 4.74 Å². The smallest absolute Gasteiger partial charge is 0.406 e. The van der Waals surface area contributed by atoms with Crippen molar-refractivity contribution >= 4 is 17.5 Å². The van der Waals surface area contributed by atoms with Crippen molar-refractivity contribution in [2.75, 3.05) is 4.90 Å². The van der Waals surface area contributed by atoms with Crippen LogP contribution in [0.2, 0.25) is 0 Å². The first-order valence-corrected chi connectivity index (χ1v) is 6.20. The Morgan fingerprint density at radius 1 is 0.864 bits per heavy atom. The van der Waals surface area contributed by atoms with Gasteiger partial charge >= 0.3 is 6.36 Å². The Morgan fingerprint density at radius 3 is 2.00 bits per heavy atom. The number of hydrogen-bond donors (Lipinski definition) is 0. The van der Waals surface area contributed by atoms with Gasteiger partial charge in [0.25, 0.3) is 11.8 Å². The SMILES string of the molecule is O=C1c2ccccc2C(=O)N1c1cccc(OC(F)(F)F)c1. The number of anilines is 1. The normalized spacial score (nSPS) is 14.2. The number of nitrogens with zero attached hydrogens (tertiary/aromatic N) is 1. The number of fused-ring (bicyclic) bond motifs is 1. The zero-order valence-corrected chi connectivity index (χ0v) is 10.9. The molecule has 0 unspecified atom stereocenters. The minimum atomic E-state index is -4.85. The number of carbonyl (C=O) groups excluding carboxylic acids is 2. The predicted molar refractivity (Wildman–Crippen MR) is 70.7 cm³/mol. The van der Waals surface area contributed by atoms with E-state index in [4.69, 9.17) is 0 Å². The maximum absolute atomic E-state index is 12.2. The second-order valence-corrected chi connectivity index (χ2v) is 4.54. The average Bonchev–Trinajstić information content (AvgIpc) is 2.70. The molecule has 0 saturated heterocycles. The van der Waals surface area contributed by atoms with E-state index in [1.54, 1.807) is 12.1 Å². The van der Waals surface area contributed by atoms with E-state index in [1.165, 1.54) is 24.3 Å². The van der Waals surface area contributed by atoms with Gasteiger partial charge in [0.2, 0.25) is 0 Å². The van der Waals surface area contributed by atoms with Crippen LogP contribution in [0.3, 0.4) is 0 Å². The molecule has 0 fully saturated rings. The van der Waals surface area contributed by atoms with Gasteiger partial charge in [-0.05, 0) is 24.3 Å². The standard InChI is InChI=1S/C15H8F3NO3/c16-15(17,18)22-10-5-3-4-9(8-10)19-13(20)11-6-1-2-7-12(11)14(19)21/h1-8H. The molecule has 4 nitrogen and oxygen atoms in total. The summed E-state index contributed by atoms with van der Waals surface area (Å²) in [7, 11) is 0. The van der Waals surface area contributed by atoms with Crippen LogP contribution >= 0.6 is 0 Å². The highest BCUT2D eigenvalue weighted by atomic mass is 19.4. The molecular formula is C15H8F3NO3. The third-order valence-corrected chi connectivity index (χ3v) is 3.10. The third-order valence-electron chi connectivity index (χ3n) is 3.10. The molecule has 1 heterocycles. The fraction of sp³-hybridized carbons (Fsp3) is 0.0667. The summed E-state index contributed by atoms with van der Waals surface area (Å²) in [6.45, 7) is 0. The van der Waals surface area contributed by atoms with E-state index in [2.05, 4.69) is 4.74 Å². The van der Waals surface area contributed by atoms with Gasteiger partial charge in [0.1, 0.15) is 5.75 Å². The molecule has 1 aliphatic rings. The highest BCUT2D eigenvalue weighted by Crippen LogP contribution is 2.31. The van der Waals surface area contributed by atoms with Gasteiger partial charge in [0.15, 0.2) is 0 Å². The lowest BCUT2D eigenvalue weighted by Crippen LogP contribution is -2.29. The van der Waals surface area contributed by atoms with Gasteiger partial charge in [0.05, 0.1) is 16.8 Å². The first-order valence-electron chi connectivity index (χ1n) is 6.20. The molecule has 0 N–H and O–H groups in total. The second-order valence-electron chi connectivity index (χ2n) is 4.54. The molecule has 22 heavy (non-hydrogen) atoms. The van der Waals surface area contributed by atoms with Crippen LogP contribution in [0.1, 0.15) is 20.7 Å². The number of ether oxygens (including phenoxy) is 1. The van der Waals surface area contributed by atoms with Crippen molar-refractivity contribution < 1.29 is 27.5 Å². The van der Waals surface area contributed by atoms with E-state index in [0.29, 0.717) is 0 Å². The Labute approximate surface area is 122 Å². The maximum Gasteiger partial charge on any atom is 0.573 e. The average molecular weight is 307 g/mol. The van der Waals surface area contributed by atoms with E-state index < -0.39 is 23.9 Å². The molecule has 0 saturated carbocycles. The van der Waals surface area contributed by atoms with Crippen molar-refractivity contribution in [2.24, 2.45) is 0 Å². The van der Waals surface area contributed by atoms with Crippen LogP contribution in [-0.2, 0) is 0 Å². The van der Waals surface area contributed by atoms with E-state index in [-0.39, 0.29) is 16.8 Å². The van der Waals surface area contributed by atoms with E-state index in [1.807, 2.05) is 0 Å². The van der Waals surface area contributed by atoms with Crippen molar-refractivity contribution in [3.05, 3.63) is 59.7 Å². The Bertz CT molecular complexity index is 736. The minimum Gasteiger partial charge on any atom is -0.406 e. The quantitative estimate of drug-likeness (QED) is 0.799. The Balaban J connectivity index is 1.98. The van der Waals surface area contributed by atoms with Crippen LogP contribution in [0.4, 0.5) is 18.9 Å². The van der Waals surface area contributed by atoms with Crippen LogP contribution in [0.15, 0.2) is 48.5 Å². The molecule has 2 amide bonds. The topological polar surface area (TPSA) is 46.6 Å². The van der Waals surface area contributed by atoms with Crippen molar-refractivity contribution in [3.8, 4) is 5.75 Å². The molecule has 0 radical (unpaired) electrons. The van der Waals surface area contributed by atoms with Crippen molar-refractivity contribution in [2.45, 2.75) is 6.36 Å². The molecule has 3 rings (SSSR count). The first kappa shape index (κ1) is 14.1. The summed E-state index contributed by atoms with van der Waals surface area (Å²) in [5.41, 5.74) is 0.456. The van der Waals surface area contributed by atoms with Crippen molar-refractivity contribution in [3.63, 3.8) is 0 Å². The molecule has 0 spiro atoms. The molecular weight excluding hydrogens is 299 g/mol. The van der Waals surface area contributed by atoms with Gasteiger partial charge in [-0.15, -0.1) is 13.2 Å². The fourth-order valence-electron chi connectivity index (χ4n) is 2.24. The Hall–Kier alpha value is -2.83. The van der Waals surface area contributed by atoms with Crippen LogP contribution in [0.5, 0.6) is 5.75 Å². The number of rotatable bonds is 2. The highest BCUT2D eigenvalue weighted by molar-refractivity contribution is 6.34. The van der Waals surface area contributed by atoms with Gasteiger partial charge in [-0.2, -0.15) is 0 Å². The highest BCUT2D eigenvalue weighted by Gasteiger charge is 2.37. The summed E-state index contributed by atoms with van der Waals surface area (Å²) in [6, 6.07) is 10.9. The molecule has 0 bridgehead atoms. The van der Waals surface area contributed by atoms with Crippen LogP contribution in [0, 0.1) is 0 Å². The van der Waals surface area contributed by atoms with Crippen molar-refractivity contribution in [1.29, 1.82) is 0 Å². The van der Waals surface area contributed by atoms with Crippen molar-refractivity contribution in [1.82, 2.24) is 0 Å². The number of imide groups is 1. The lowest BCUT2D eigenvalue weighted by Gasteiger charge is -2.15. The minimum absolute atomic E-state index is 0.0213. The van der Waals surface area contributed by atoms with Gasteiger partial charge in [-0.1, -0.05) is 18.2 Å². The summed E-state index contributed by atoms with van der Waals surface area (Å²) in [4.78, 5) is 25.3. The second kappa shape index (κ2) is 4.87. The number of carbonyl (C=O) groups is 2. The monoisotopic (exact) mass is 307 g/mol. The molecule has 7 heteroatoms. The largest absolute Gasteiger partial charge is 0.573 e. The molecule has 1 aliphatic heterocycles. The number of alkyl halides is 3. The van der Waals surface area contributed by atoms with E-state index in [9.17, 15) is 22.8 Å². The van der Waals surface area contributed by atoms with Gasteiger partial charge in [-0.3, -0.25) is 9.59 Å². The van der Waals surface area contributed by atoms with Crippen LogP contribution in [0.25, 0.3) is 0 Å². The molecule has 0 atom stereocenters. The summed E-state index contributed by atoms with van der Waals surface area (Å²) >= 11 is 0. The summed E-state index contributed by atoms with van der Waals surface area (Å²) in [6.07, 6.45) is -4.85. The lowest BCUT2D eigenvalue weighted by atomic mass is 10.1. The summed E-state index contributed by atoms with van der Waals surface area (Å²) in [5.74, 6) is -1.66. The first-order chi connectivity index (χ1) is 10.4. The van der Waals surface area contributed by atoms with Crippen LogP contribution in [-0.4, -0.2) is 18.2 Å². The zero-order chi connectivity index (χ0) is 15.9. The third kappa shape index (κ3) is 2.41. The van der Waals surface area contributed by atoms with E-state index in [0.717, 1.165) is 17.0 Å². The number of amides is 2. The molecule has 0 aliphatic carbocycles. The molecule has 0 aromatic heterocycles. The summed E-state index contributed by atoms with van der Waals surface area (Å²) in [5, 5.41) is 0. The molecule has 112 valence electrons. The zero-order valence-electron chi connectivity index (χ0n) is 10.9. The van der Waals surface area contributed by atoms with Gasteiger partial charge in [0, 0.05) is 6.07 Å². The predicted octanol–water partition coefficient (Wildman–Crippen LogP) is 3.39. The molecule has 2 aromatic rings. The Morgan fingerprint density at radius 2 is 1.45 bits per heavy atom. The van der Waals surface area contributed by atoms with Crippen LogP contribution < -0.4 is 9.64 Å². The number of hydrogen-bond acceptors (Lipinski definition) is 3. The Kier molecular flexibility index (Phi) is 3.13. The van der Waals surface area contributed by atoms with E-state index >= 15 is 0 Å². The van der Waals surface area contributed by atoms with Gasteiger partial charge in [-0.25, -0.2) is 4.90 Å². The summed E-state index contributed by atoms with van der Waals surface area (Å²) < 4.78 is 40.5. The lowest BCUT2D eigenvalue weighted by molar-refractivity contribution is -0.274. The molecule has 2 aromatic carbocycles. The number of halogens is 3.